The minimum absolute atomic E-state index is 0.427. The summed E-state index contributed by atoms with van der Waals surface area (Å²) in [5.74, 6) is 1.36. The number of benzene rings is 1. The van der Waals surface area contributed by atoms with Crippen LogP contribution in [-0.2, 0) is 12.4 Å². The van der Waals surface area contributed by atoms with Crippen molar-refractivity contribution in [2.45, 2.75) is 31.0 Å². The Morgan fingerprint density at radius 2 is 2.10 bits per heavy atom. The number of hydrogen-bond donors (Lipinski definition) is 0. The van der Waals surface area contributed by atoms with Gasteiger partial charge in [0.2, 0.25) is 0 Å². The van der Waals surface area contributed by atoms with Crippen LogP contribution in [0.15, 0.2) is 30.5 Å². The van der Waals surface area contributed by atoms with Crippen molar-refractivity contribution >= 4 is 45.3 Å². The first kappa shape index (κ1) is 14.7. The van der Waals surface area contributed by atoms with Gasteiger partial charge in [-0.1, -0.05) is 25.1 Å². The molecule has 1 aromatic carbocycles. The number of pyridine rings is 1. The second kappa shape index (κ2) is 6.24. The van der Waals surface area contributed by atoms with Crippen molar-refractivity contribution in [2.75, 3.05) is 6.26 Å². The highest BCUT2D eigenvalue weighted by Crippen LogP contribution is 2.26. The second-order valence-electron chi connectivity index (χ2n) is 5.16. The Labute approximate surface area is 133 Å². The molecule has 3 nitrogen and oxygen atoms in total. The Morgan fingerprint density at radius 3 is 2.86 bits per heavy atom. The van der Waals surface area contributed by atoms with E-state index in [1.807, 2.05) is 36.2 Å². The number of imidazole rings is 1. The van der Waals surface area contributed by atoms with Crippen LogP contribution in [0.5, 0.6) is 0 Å². The fraction of sp³-hybridized carbons (Fsp3) is 0.375. The zero-order chi connectivity index (χ0) is 14.8. The number of aryl methyl sites for hydroxylation is 1. The molecular weight excluding hydrogens is 302 g/mol. The standard InChI is InChI=1S/C16H18ClN3S/c1-11(21-2)7-8-20-15(9-17)19-14-10-18-13-6-4-3-5-12(13)16(14)20/h3-6,10-11H,7-9H2,1-2H3. The Balaban J connectivity index is 2.17. The molecule has 3 aromatic rings. The van der Waals surface area contributed by atoms with Crippen molar-refractivity contribution < 1.29 is 0 Å². The highest BCUT2D eigenvalue weighted by molar-refractivity contribution is 7.99. The summed E-state index contributed by atoms with van der Waals surface area (Å²) in [5, 5.41) is 1.77. The number of halogens is 1. The first-order valence-electron chi connectivity index (χ1n) is 7.06. The van der Waals surface area contributed by atoms with Crippen LogP contribution in [0.25, 0.3) is 21.9 Å². The van der Waals surface area contributed by atoms with Crippen molar-refractivity contribution in [2.24, 2.45) is 0 Å². The van der Waals surface area contributed by atoms with E-state index < -0.39 is 0 Å². The zero-order valence-corrected chi connectivity index (χ0v) is 13.8. The van der Waals surface area contributed by atoms with Crippen LogP contribution in [0.1, 0.15) is 19.2 Å². The van der Waals surface area contributed by atoms with Crippen LogP contribution < -0.4 is 0 Å². The maximum Gasteiger partial charge on any atom is 0.124 e. The number of fused-ring (bicyclic) bond motifs is 3. The molecule has 0 aliphatic heterocycles. The van der Waals surface area contributed by atoms with Crippen molar-refractivity contribution in [1.82, 2.24) is 14.5 Å². The van der Waals surface area contributed by atoms with Gasteiger partial charge in [0, 0.05) is 17.2 Å². The third-order valence-corrected chi connectivity index (χ3v) is 5.12. The van der Waals surface area contributed by atoms with E-state index in [2.05, 4.69) is 33.8 Å². The zero-order valence-electron chi connectivity index (χ0n) is 12.2. The topological polar surface area (TPSA) is 30.7 Å². The van der Waals surface area contributed by atoms with Crippen molar-refractivity contribution in [3.8, 4) is 0 Å². The molecule has 1 atom stereocenters. The minimum Gasteiger partial charge on any atom is -0.326 e. The first-order valence-corrected chi connectivity index (χ1v) is 8.88. The summed E-state index contributed by atoms with van der Waals surface area (Å²) in [5.41, 5.74) is 3.09. The summed E-state index contributed by atoms with van der Waals surface area (Å²) in [6.45, 7) is 3.19. The predicted molar refractivity (Wildman–Crippen MR) is 92.2 cm³/mol. The Hall–Kier alpha value is -1.26. The maximum absolute atomic E-state index is 6.09. The smallest absolute Gasteiger partial charge is 0.124 e. The molecule has 2 heterocycles. The van der Waals surface area contributed by atoms with Gasteiger partial charge in [0.15, 0.2) is 0 Å². The van der Waals surface area contributed by atoms with Gasteiger partial charge in [-0.2, -0.15) is 11.8 Å². The van der Waals surface area contributed by atoms with Crippen molar-refractivity contribution in [3.05, 3.63) is 36.3 Å². The normalized spacial score (nSPS) is 13.1. The van der Waals surface area contributed by atoms with E-state index in [1.165, 1.54) is 0 Å². The minimum atomic E-state index is 0.427. The molecule has 0 N–H and O–H groups in total. The van der Waals surface area contributed by atoms with E-state index in [4.69, 9.17) is 11.6 Å². The monoisotopic (exact) mass is 319 g/mol. The van der Waals surface area contributed by atoms with E-state index in [0.717, 1.165) is 40.7 Å². The van der Waals surface area contributed by atoms with Gasteiger partial charge >= 0.3 is 0 Å². The molecule has 0 aliphatic rings. The predicted octanol–water partition coefficient (Wildman–Crippen LogP) is 4.46. The van der Waals surface area contributed by atoms with Gasteiger partial charge in [0.1, 0.15) is 11.3 Å². The van der Waals surface area contributed by atoms with Gasteiger partial charge in [-0.3, -0.25) is 4.98 Å². The second-order valence-corrected chi connectivity index (χ2v) is 6.70. The van der Waals surface area contributed by atoms with Crippen LogP contribution in [0.2, 0.25) is 0 Å². The molecule has 0 aliphatic carbocycles. The lowest BCUT2D eigenvalue weighted by molar-refractivity contribution is 0.637. The summed E-state index contributed by atoms with van der Waals surface area (Å²) >= 11 is 7.98. The van der Waals surface area contributed by atoms with E-state index >= 15 is 0 Å². The SMILES string of the molecule is CSC(C)CCn1c(CCl)nc2cnc3ccccc3c21. The Bertz CT molecular complexity index is 769. The number of thioether (sulfide) groups is 1. The molecule has 5 heteroatoms. The lowest BCUT2D eigenvalue weighted by atomic mass is 10.2. The van der Waals surface area contributed by atoms with Gasteiger partial charge in [0.05, 0.1) is 23.1 Å². The van der Waals surface area contributed by atoms with E-state index in [-0.39, 0.29) is 0 Å². The molecule has 0 saturated heterocycles. The third-order valence-electron chi connectivity index (χ3n) is 3.84. The van der Waals surface area contributed by atoms with E-state index in [0.29, 0.717) is 11.1 Å². The molecule has 0 saturated carbocycles. The fourth-order valence-corrected chi connectivity index (χ4v) is 3.13. The molecule has 0 radical (unpaired) electrons. The summed E-state index contributed by atoms with van der Waals surface area (Å²) < 4.78 is 2.26. The third kappa shape index (κ3) is 2.74. The van der Waals surface area contributed by atoms with Gasteiger partial charge in [-0.05, 0) is 18.7 Å². The lowest BCUT2D eigenvalue weighted by Gasteiger charge is -2.12. The van der Waals surface area contributed by atoms with E-state index in [1.54, 1.807) is 0 Å². The number of nitrogens with zero attached hydrogens (tertiary/aromatic N) is 3. The number of alkyl halides is 1. The molecule has 0 bridgehead atoms. The Kier molecular flexibility index (Phi) is 4.36. The molecule has 2 aromatic heterocycles. The van der Waals surface area contributed by atoms with Crippen LogP contribution in [0.3, 0.4) is 0 Å². The molecule has 0 fully saturated rings. The van der Waals surface area contributed by atoms with Crippen molar-refractivity contribution in [3.63, 3.8) is 0 Å². The largest absolute Gasteiger partial charge is 0.326 e. The number of hydrogen-bond acceptors (Lipinski definition) is 3. The van der Waals surface area contributed by atoms with Gasteiger partial charge in [0.25, 0.3) is 0 Å². The summed E-state index contributed by atoms with van der Waals surface area (Å²) in [7, 11) is 0. The van der Waals surface area contributed by atoms with Crippen molar-refractivity contribution in [1.29, 1.82) is 0 Å². The number of rotatable bonds is 5. The molecule has 0 spiro atoms. The average Bonchev–Trinajstić information content (AvgIpc) is 2.90. The maximum atomic E-state index is 6.09. The lowest BCUT2D eigenvalue weighted by Crippen LogP contribution is -2.07. The van der Waals surface area contributed by atoms with Crippen LogP contribution in [0, 0.1) is 0 Å². The first-order chi connectivity index (χ1) is 10.2. The molecule has 0 amide bonds. The summed E-state index contributed by atoms with van der Waals surface area (Å²) in [6.07, 6.45) is 5.11. The number of para-hydroxylation sites is 1. The van der Waals surface area contributed by atoms with Crippen LogP contribution >= 0.6 is 23.4 Å². The van der Waals surface area contributed by atoms with Crippen LogP contribution in [0.4, 0.5) is 0 Å². The average molecular weight is 320 g/mol. The molecule has 21 heavy (non-hydrogen) atoms. The van der Waals surface area contributed by atoms with Gasteiger partial charge in [-0.25, -0.2) is 4.98 Å². The molecule has 110 valence electrons. The number of aromatic nitrogens is 3. The summed E-state index contributed by atoms with van der Waals surface area (Å²) in [4.78, 5) is 9.13. The quantitative estimate of drug-likeness (QED) is 0.650. The molecule has 1 unspecified atom stereocenters. The molecular formula is C16H18ClN3S. The summed E-state index contributed by atoms with van der Waals surface area (Å²) in [6, 6.07) is 8.21. The van der Waals surface area contributed by atoms with Gasteiger partial charge < -0.3 is 4.57 Å². The Morgan fingerprint density at radius 1 is 1.29 bits per heavy atom. The van der Waals surface area contributed by atoms with Gasteiger partial charge in [-0.15, -0.1) is 11.6 Å². The highest BCUT2D eigenvalue weighted by atomic mass is 35.5. The fourth-order valence-electron chi connectivity index (χ4n) is 2.58. The molecule has 3 rings (SSSR count). The van der Waals surface area contributed by atoms with Crippen LogP contribution in [-0.4, -0.2) is 26.0 Å². The van der Waals surface area contributed by atoms with E-state index in [9.17, 15) is 0 Å². The highest BCUT2D eigenvalue weighted by Gasteiger charge is 2.14.